The van der Waals surface area contributed by atoms with Crippen molar-refractivity contribution >= 4 is 27.8 Å². The van der Waals surface area contributed by atoms with Crippen LogP contribution in [0.25, 0.3) is 0 Å². The molecule has 0 saturated heterocycles. The average molecular weight is 286 g/mol. The Kier molecular flexibility index (Phi) is 4.73. The lowest BCUT2D eigenvalue weighted by Crippen LogP contribution is -2.34. The number of hydrogen-bond donors (Lipinski definition) is 1. The Labute approximate surface area is 104 Å². The number of carbonyl (C=O) groups excluding carboxylic acids is 1. The van der Waals surface area contributed by atoms with Crippen molar-refractivity contribution in [3.8, 4) is 0 Å². The van der Waals surface area contributed by atoms with Gasteiger partial charge < -0.3 is 4.90 Å². The fourth-order valence-corrected chi connectivity index (χ4v) is 1.53. The van der Waals surface area contributed by atoms with E-state index in [1.54, 1.807) is 11.0 Å². The molecule has 5 heteroatoms. The SMILES string of the molecule is CCN(CC)C(=O)Nc1ccc(Br)c(C)n1. The molecule has 0 aliphatic carbocycles. The van der Waals surface area contributed by atoms with Gasteiger partial charge in [-0.25, -0.2) is 9.78 Å². The second kappa shape index (κ2) is 5.84. The van der Waals surface area contributed by atoms with E-state index >= 15 is 0 Å². The standard InChI is InChI=1S/C11H16BrN3O/c1-4-15(5-2)11(16)14-10-7-6-9(12)8(3)13-10/h6-7H,4-5H2,1-3H3,(H,13,14,16). The second-order valence-electron chi connectivity index (χ2n) is 3.37. The molecule has 2 amide bonds. The van der Waals surface area contributed by atoms with Crippen molar-refractivity contribution < 1.29 is 4.79 Å². The Balaban J connectivity index is 2.73. The number of nitrogens with zero attached hydrogens (tertiary/aromatic N) is 2. The van der Waals surface area contributed by atoms with Crippen LogP contribution in [0, 0.1) is 6.92 Å². The lowest BCUT2D eigenvalue weighted by Gasteiger charge is -2.18. The summed E-state index contributed by atoms with van der Waals surface area (Å²) in [7, 11) is 0. The summed E-state index contributed by atoms with van der Waals surface area (Å²) in [6.45, 7) is 7.17. The van der Waals surface area contributed by atoms with Crippen molar-refractivity contribution in [3.05, 3.63) is 22.3 Å². The minimum atomic E-state index is -0.112. The van der Waals surface area contributed by atoms with Crippen molar-refractivity contribution in [2.75, 3.05) is 18.4 Å². The van der Waals surface area contributed by atoms with E-state index in [0.717, 1.165) is 10.2 Å². The van der Waals surface area contributed by atoms with Crippen LogP contribution in [0.1, 0.15) is 19.5 Å². The third kappa shape index (κ3) is 3.20. The summed E-state index contributed by atoms with van der Waals surface area (Å²) in [5.41, 5.74) is 0.859. The first-order valence-corrected chi connectivity index (χ1v) is 6.06. The van der Waals surface area contributed by atoms with Crippen molar-refractivity contribution in [2.45, 2.75) is 20.8 Å². The van der Waals surface area contributed by atoms with Crippen molar-refractivity contribution in [3.63, 3.8) is 0 Å². The normalized spacial score (nSPS) is 10.0. The highest BCUT2D eigenvalue weighted by atomic mass is 79.9. The summed E-state index contributed by atoms with van der Waals surface area (Å²) in [4.78, 5) is 17.7. The predicted molar refractivity (Wildman–Crippen MR) is 68.6 cm³/mol. The lowest BCUT2D eigenvalue weighted by atomic mass is 10.4. The van der Waals surface area contributed by atoms with E-state index in [1.165, 1.54) is 0 Å². The third-order valence-corrected chi connectivity index (χ3v) is 3.15. The molecular formula is C11H16BrN3O. The molecule has 0 unspecified atom stereocenters. The van der Waals surface area contributed by atoms with Crippen molar-refractivity contribution in [2.24, 2.45) is 0 Å². The number of carbonyl (C=O) groups is 1. The van der Waals surface area contributed by atoms with Crippen LogP contribution in [0.2, 0.25) is 0 Å². The molecule has 1 aromatic rings. The van der Waals surface area contributed by atoms with Gasteiger partial charge in [0, 0.05) is 17.6 Å². The minimum Gasteiger partial charge on any atom is -0.325 e. The van der Waals surface area contributed by atoms with Gasteiger partial charge >= 0.3 is 6.03 Å². The number of amides is 2. The molecule has 1 heterocycles. The molecule has 0 spiro atoms. The van der Waals surface area contributed by atoms with Crippen LogP contribution in [0.4, 0.5) is 10.6 Å². The van der Waals surface area contributed by atoms with Crippen LogP contribution in [0.3, 0.4) is 0 Å². The molecule has 16 heavy (non-hydrogen) atoms. The molecule has 0 aliphatic heterocycles. The monoisotopic (exact) mass is 285 g/mol. The third-order valence-electron chi connectivity index (χ3n) is 2.31. The van der Waals surface area contributed by atoms with E-state index in [2.05, 4.69) is 26.2 Å². The highest BCUT2D eigenvalue weighted by molar-refractivity contribution is 9.10. The van der Waals surface area contributed by atoms with Gasteiger partial charge in [-0.3, -0.25) is 5.32 Å². The first kappa shape index (κ1) is 13.0. The van der Waals surface area contributed by atoms with E-state index in [4.69, 9.17) is 0 Å². The highest BCUT2D eigenvalue weighted by Gasteiger charge is 2.10. The first-order valence-electron chi connectivity index (χ1n) is 5.27. The molecule has 88 valence electrons. The number of aryl methyl sites for hydroxylation is 1. The number of hydrogen-bond acceptors (Lipinski definition) is 2. The van der Waals surface area contributed by atoms with Gasteiger partial charge in [-0.15, -0.1) is 0 Å². The molecule has 1 N–H and O–H groups in total. The van der Waals surface area contributed by atoms with E-state index in [0.29, 0.717) is 18.9 Å². The van der Waals surface area contributed by atoms with Crippen molar-refractivity contribution in [1.29, 1.82) is 0 Å². The Morgan fingerprint density at radius 1 is 1.44 bits per heavy atom. The smallest absolute Gasteiger partial charge is 0.322 e. The number of rotatable bonds is 3. The minimum absolute atomic E-state index is 0.112. The average Bonchev–Trinajstić information content (AvgIpc) is 2.25. The Hall–Kier alpha value is -1.10. The zero-order valence-corrected chi connectivity index (χ0v) is 11.3. The Morgan fingerprint density at radius 3 is 2.56 bits per heavy atom. The van der Waals surface area contributed by atoms with E-state index in [-0.39, 0.29) is 6.03 Å². The number of nitrogens with one attached hydrogen (secondary N) is 1. The quantitative estimate of drug-likeness (QED) is 0.928. The summed E-state index contributed by atoms with van der Waals surface area (Å²) in [6, 6.07) is 3.54. The van der Waals surface area contributed by atoms with Gasteiger partial charge in [0.1, 0.15) is 5.82 Å². The lowest BCUT2D eigenvalue weighted by molar-refractivity contribution is 0.217. The van der Waals surface area contributed by atoms with Gasteiger partial charge in [-0.1, -0.05) is 0 Å². The largest absolute Gasteiger partial charge is 0.325 e. The zero-order valence-electron chi connectivity index (χ0n) is 9.75. The van der Waals surface area contributed by atoms with E-state index in [1.807, 2.05) is 26.8 Å². The van der Waals surface area contributed by atoms with Crippen LogP contribution < -0.4 is 5.32 Å². The fraction of sp³-hybridized carbons (Fsp3) is 0.455. The summed E-state index contributed by atoms with van der Waals surface area (Å²) in [5.74, 6) is 0.581. The summed E-state index contributed by atoms with van der Waals surface area (Å²) in [5, 5.41) is 2.77. The predicted octanol–water partition coefficient (Wildman–Crippen LogP) is 3.03. The fourth-order valence-electron chi connectivity index (χ4n) is 1.31. The van der Waals surface area contributed by atoms with Gasteiger partial charge in [0.2, 0.25) is 0 Å². The molecule has 1 rings (SSSR count). The Bertz CT molecular complexity index is 377. The molecule has 4 nitrogen and oxygen atoms in total. The maximum atomic E-state index is 11.7. The number of anilines is 1. The maximum Gasteiger partial charge on any atom is 0.322 e. The molecule has 0 aliphatic rings. The molecule has 1 aromatic heterocycles. The molecular weight excluding hydrogens is 270 g/mol. The molecule has 0 radical (unpaired) electrons. The van der Waals surface area contributed by atoms with Crippen LogP contribution >= 0.6 is 15.9 Å². The molecule has 0 saturated carbocycles. The van der Waals surface area contributed by atoms with E-state index in [9.17, 15) is 4.79 Å². The summed E-state index contributed by atoms with van der Waals surface area (Å²) < 4.78 is 0.938. The van der Waals surface area contributed by atoms with Crippen LogP contribution in [0.5, 0.6) is 0 Å². The van der Waals surface area contributed by atoms with Gasteiger partial charge in [0.25, 0.3) is 0 Å². The Morgan fingerprint density at radius 2 is 2.06 bits per heavy atom. The maximum absolute atomic E-state index is 11.7. The molecule has 0 atom stereocenters. The van der Waals surface area contributed by atoms with Crippen LogP contribution in [-0.4, -0.2) is 29.0 Å². The van der Waals surface area contributed by atoms with E-state index < -0.39 is 0 Å². The molecule has 0 aromatic carbocycles. The summed E-state index contributed by atoms with van der Waals surface area (Å²) >= 11 is 3.37. The highest BCUT2D eigenvalue weighted by Crippen LogP contribution is 2.16. The molecule has 0 fully saturated rings. The van der Waals surface area contributed by atoms with Crippen molar-refractivity contribution in [1.82, 2.24) is 9.88 Å². The number of halogens is 1. The zero-order chi connectivity index (χ0) is 12.1. The van der Waals surface area contributed by atoms with Crippen LogP contribution in [0.15, 0.2) is 16.6 Å². The van der Waals surface area contributed by atoms with Crippen LogP contribution in [-0.2, 0) is 0 Å². The summed E-state index contributed by atoms with van der Waals surface area (Å²) in [6.07, 6.45) is 0. The number of aromatic nitrogens is 1. The molecule has 0 bridgehead atoms. The van der Waals surface area contributed by atoms with Gasteiger partial charge in [-0.2, -0.15) is 0 Å². The first-order chi connectivity index (χ1) is 7.58. The second-order valence-corrected chi connectivity index (χ2v) is 4.22. The topological polar surface area (TPSA) is 45.2 Å². The number of urea groups is 1. The van der Waals surface area contributed by atoms with Gasteiger partial charge in [0.05, 0.1) is 5.69 Å². The van der Waals surface area contributed by atoms with Gasteiger partial charge in [-0.05, 0) is 48.8 Å². The number of pyridine rings is 1. The van der Waals surface area contributed by atoms with Gasteiger partial charge in [0.15, 0.2) is 0 Å².